The van der Waals surface area contributed by atoms with Gasteiger partial charge in [0.1, 0.15) is 16.1 Å². The van der Waals surface area contributed by atoms with Crippen LogP contribution in [0.3, 0.4) is 0 Å². The quantitative estimate of drug-likeness (QED) is 0.250. The molecule has 29 heavy (non-hydrogen) atoms. The molecule has 0 radical (unpaired) electrons. The molecule has 0 fully saturated rings. The molecule has 0 aliphatic heterocycles. The van der Waals surface area contributed by atoms with Gasteiger partial charge in [0.15, 0.2) is 0 Å². The van der Waals surface area contributed by atoms with E-state index >= 15 is 0 Å². The summed E-state index contributed by atoms with van der Waals surface area (Å²) in [5, 5.41) is 6.71. The molecule has 152 valence electrons. The molecule has 0 aromatic heterocycles. The molecular weight excluding hydrogens is 380 g/mol. The van der Waals surface area contributed by atoms with Gasteiger partial charge in [0.25, 0.3) is 0 Å². The third-order valence-corrected chi connectivity index (χ3v) is 16.8. The Morgan fingerprint density at radius 3 is 1.07 bits per heavy atom. The minimum atomic E-state index is -1.52. The summed E-state index contributed by atoms with van der Waals surface area (Å²) >= 11 is 0. The lowest BCUT2D eigenvalue weighted by Gasteiger charge is -2.31. The van der Waals surface area contributed by atoms with E-state index in [1.54, 1.807) is 20.8 Å². The van der Waals surface area contributed by atoms with Gasteiger partial charge in [-0.1, -0.05) is 126 Å². The first-order valence-corrected chi connectivity index (χ1v) is 17.0. The lowest BCUT2D eigenvalue weighted by Crippen LogP contribution is -2.35. The van der Waals surface area contributed by atoms with Crippen molar-refractivity contribution in [3.05, 3.63) is 93.7 Å². The fraction of sp³-hybridized carbons (Fsp3) is 0.407. The van der Waals surface area contributed by atoms with Crippen molar-refractivity contribution in [2.75, 3.05) is 0 Å². The van der Waals surface area contributed by atoms with Crippen molar-refractivity contribution in [3.63, 3.8) is 0 Å². The zero-order chi connectivity index (χ0) is 20.2. The van der Waals surface area contributed by atoms with Crippen molar-refractivity contribution >= 4 is 16.1 Å². The van der Waals surface area contributed by atoms with Gasteiger partial charge in [-0.25, -0.2) is 0 Å². The maximum atomic E-state index is 2.61. The van der Waals surface area contributed by atoms with Gasteiger partial charge in [-0.3, -0.25) is 0 Å². The van der Waals surface area contributed by atoms with Gasteiger partial charge in [-0.2, -0.15) is 0 Å². The molecule has 0 aromatic carbocycles. The second kappa shape index (κ2) is 9.01. The molecular formula is C27H36Si2. The number of unbranched alkanes of at least 4 members (excludes halogenated alkanes) is 2. The lowest BCUT2D eigenvalue weighted by atomic mass is 10.3. The second-order valence-electron chi connectivity index (χ2n) is 9.42. The summed E-state index contributed by atoms with van der Waals surface area (Å²) in [4.78, 5) is 0. The van der Waals surface area contributed by atoms with Crippen LogP contribution in [-0.2, 0) is 0 Å². The van der Waals surface area contributed by atoms with Crippen LogP contribution < -0.4 is 0 Å². The standard InChI is InChI=1S/C27H36Si2/c1-28(24-14-4-5-15-24,25-16-6-7-17-25)22-12-3-13-23-29(2,26-18-8-9-19-26)27-20-10-11-21-27/h4,6,8,10,14-21H,3,5,7,9,11-13,22-23H2,1-2H3. The van der Waals surface area contributed by atoms with Gasteiger partial charge >= 0.3 is 0 Å². The number of allylic oxidation sites excluding steroid dienone is 16. The number of hydrogen-bond acceptors (Lipinski definition) is 0. The minimum Gasteiger partial charge on any atom is -0.0811 e. The summed E-state index contributed by atoms with van der Waals surface area (Å²) in [5.41, 5.74) is 0. The normalized spacial score (nSPS) is 20.5. The number of hydrogen-bond donors (Lipinski definition) is 0. The van der Waals surface area contributed by atoms with Crippen LogP contribution in [0.25, 0.3) is 0 Å². The second-order valence-corrected chi connectivity index (χ2v) is 18.1. The zero-order valence-corrected chi connectivity index (χ0v) is 20.3. The van der Waals surface area contributed by atoms with Crippen molar-refractivity contribution in [2.24, 2.45) is 0 Å². The van der Waals surface area contributed by atoms with E-state index in [0.29, 0.717) is 0 Å². The highest BCUT2D eigenvalue weighted by Gasteiger charge is 2.36. The molecule has 0 nitrogen and oxygen atoms in total. The van der Waals surface area contributed by atoms with E-state index in [1.165, 1.54) is 31.4 Å². The Kier molecular flexibility index (Phi) is 6.41. The highest BCUT2D eigenvalue weighted by molar-refractivity contribution is 6.93. The summed E-state index contributed by atoms with van der Waals surface area (Å²) in [6.45, 7) is 5.22. The van der Waals surface area contributed by atoms with Crippen LogP contribution in [0.5, 0.6) is 0 Å². The van der Waals surface area contributed by atoms with E-state index in [2.05, 4.69) is 86.0 Å². The molecule has 4 aliphatic carbocycles. The zero-order valence-electron chi connectivity index (χ0n) is 18.3. The highest BCUT2D eigenvalue weighted by Crippen LogP contribution is 2.38. The third kappa shape index (κ3) is 4.29. The monoisotopic (exact) mass is 416 g/mol. The van der Waals surface area contributed by atoms with E-state index < -0.39 is 16.1 Å². The highest BCUT2D eigenvalue weighted by atomic mass is 28.3. The van der Waals surface area contributed by atoms with Crippen molar-refractivity contribution < 1.29 is 0 Å². The molecule has 2 heteroatoms. The molecule has 0 unspecified atom stereocenters. The molecule has 4 rings (SSSR count). The Labute approximate surface area is 179 Å². The molecule has 0 saturated carbocycles. The molecule has 0 N–H and O–H groups in total. The predicted octanol–water partition coefficient (Wildman–Crippen LogP) is 8.02. The van der Waals surface area contributed by atoms with E-state index in [1.807, 2.05) is 0 Å². The minimum absolute atomic E-state index is 1.14. The Balaban J connectivity index is 1.36. The van der Waals surface area contributed by atoms with Crippen LogP contribution in [0.4, 0.5) is 0 Å². The summed E-state index contributed by atoms with van der Waals surface area (Å²) in [5.74, 6) is 0. The molecule has 0 saturated heterocycles. The molecule has 4 aliphatic rings. The van der Waals surface area contributed by atoms with E-state index in [0.717, 1.165) is 25.7 Å². The summed E-state index contributed by atoms with van der Waals surface area (Å²) < 4.78 is 0. The van der Waals surface area contributed by atoms with Crippen molar-refractivity contribution in [2.45, 2.75) is 70.1 Å². The Morgan fingerprint density at radius 1 is 0.517 bits per heavy atom. The van der Waals surface area contributed by atoms with Crippen LogP contribution >= 0.6 is 0 Å². The van der Waals surface area contributed by atoms with Gasteiger partial charge in [-0.05, 0) is 37.8 Å². The fourth-order valence-corrected chi connectivity index (χ4v) is 13.5. The summed E-state index contributed by atoms with van der Waals surface area (Å²) in [6, 6.07) is 2.81. The van der Waals surface area contributed by atoms with Crippen molar-refractivity contribution in [3.8, 4) is 0 Å². The first-order chi connectivity index (χ1) is 14.1. The van der Waals surface area contributed by atoms with Gasteiger partial charge in [0.05, 0.1) is 0 Å². The molecule has 0 aromatic rings. The first kappa shape index (κ1) is 20.6. The van der Waals surface area contributed by atoms with Gasteiger partial charge in [-0.15, -0.1) is 0 Å². The van der Waals surface area contributed by atoms with Gasteiger partial charge in [0, 0.05) is 0 Å². The van der Waals surface area contributed by atoms with Crippen molar-refractivity contribution in [1.82, 2.24) is 0 Å². The van der Waals surface area contributed by atoms with Crippen LogP contribution in [0.2, 0.25) is 25.2 Å². The molecule has 0 amide bonds. The third-order valence-electron chi connectivity index (χ3n) is 7.49. The van der Waals surface area contributed by atoms with Crippen molar-refractivity contribution in [1.29, 1.82) is 0 Å². The number of rotatable bonds is 10. The molecule has 0 heterocycles. The average molecular weight is 417 g/mol. The van der Waals surface area contributed by atoms with E-state index in [-0.39, 0.29) is 0 Å². The summed E-state index contributed by atoms with van der Waals surface area (Å²) in [7, 11) is -3.03. The Morgan fingerprint density at radius 2 is 0.828 bits per heavy atom. The Bertz CT molecular complexity index is 738. The topological polar surface area (TPSA) is 0 Å². The van der Waals surface area contributed by atoms with E-state index in [4.69, 9.17) is 0 Å². The smallest absolute Gasteiger partial charge is 0.0811 e. The van der Waals surface area contributed by atoms with Crippen LogP contribution in [0.15, 0.2) is 93.7 Å². The largest absolute Gasteiger partial charge is 0.114 e. The maximum absolute atomic E-state index is 2.61. The van der Waals surface area contributed by atoms with Crippen LogP contribution in [-0.4, -0.2) is 16.1 Å². The SMILES string of the molecule is C[Si](CCCCC[Si](C)(C1=CCC=C1)C1=CCC=C1)(C1=CCC=C1)C1=CCC=C1. The van der Waals surface area contributed by atoms with Crippen LogP contribution in [0.1, 0.15) is 44.9 Å². The van der Waals surface area contributed by atoms with Gasteiger partial charge in [0.2, 0.25) is 0 Å². The molecule has 0 atom stereocenters. The summed E-state index contributed by atoms with van der Waals surface area (Å²) in [6.07, 6.45) is 37.8. The van der Waals surface area contributed by atoms with E-state index in [9.17, 15) is 0 Å². The maximum Gasteiger partial charge on any atom is 0.114 e. The van der Waals surface area contributed by atoms with Crippen LogP contribution in [0, 0.1) is 0 Å². The molecule has 0 bridgehead atoms. The fourth-order valence-electron chi connectivity index (χ4n) is 5.51. The van der Waals surface area contributed by atoms with Gasteiger partial charge < -0.3 is 0 Å². The average Bonchev–Trinajstić information content (AvgIpc) is 3.55. The molecule has 0 spiro atoms. The lowest BCUT2D eigenvalue weighted by molar-refractivity contribution is 0.756. The first-order valence-electron chi connectivity index (χ1n) is 11.6. The predicted molar refractivity (Wildman–Crippen MR) is 134 cm³/mol. The Hall–Kier alpha value is -1.65.